The highest BCUT2D eigenvalue weighted by molar-refractivity contribution is 6.03. The van der Waals surface area contributed by atoms with Gasteiger partial charge in [0.2, 0.25) is 42.2 Å². The maximum Gasteiger partial charge on any atom is 0.303 e. The molecule has 0 unspecified atom stereocenters. The van der Waals surface area contributed by atoms with Crippen LogP contribution < -0.4 is 34.6 Å². The van der Waals surface area contributed by atoms with E-state index in [1.54, 1.807) is 0 Å². The molecule has 1 amide bonds. The lowest BCUT2D eigenvalue weighted by Gasteiger charge is -2.44. The number of unbranched alkanes of at least 4 members (excludes halogenated alkanes) is 5. The summed E-state index contributed by atoms with van der Waals surface area (Å²) in [7, 11) is 4.07. The zero-order valence-corrected chi connectivity index (χ0v) is 48.8. The molecule has 27 heteroatoms. The predicted octanol–water partition coefficient (Wildman–Crippen LogP) is 4.87. The lowest BCUT2D eigenvalue weighted by Crippen LogP contribution is -2.63. The summed E-state index contributed by atoms with van der Waals surface area (Å²) in [6.45, 7) is 9.83. The lowest BCUT2D eigenvalue weighted by molar-refractivity contribution is -0.288. The molecule has 2 saturated heterocycles. The summed E-state index contributed by atoms with van der Waals surface area (Å²) in [6, 6.07) is 7.41. The number of nitrogens with zero attached hydrogens (tertiary/aromatic N) is 1. The first-order chi connectivity index (χ1) is 39.8. The highest BCUT2D eigenvalue weighted by Crippen LogP contribution is 2.43. The van der Waals surface area contributed by atoms with Crippen LogP contribution in [0.2, 0.25) is 0 Å². The molecule has 1 N–H and O–H groups in total. The number of benzene rings is 2. The Balaban J connectivity index is 1.52. The highest BCUT2D eigenvalue weighted by Gasteiger charge is 2.55. The third-order valence-electron chi connectivity index (χ3n) is 12.6. The van der Waals surface area contributed by atoms with Gasteiger partial charge in [-0.25, -0.2) is 0 Å². The van der Waals surface area contributed by atoms with E-state index in [2.05, 4.69) is 12.2 Å². The van der Waals surface area contributed by atoms with Crippen LogP contribution in [0.4, 0.5) is 5.69 Å². The summed E-state index contributed by atoms with van der Waals surface area (Å²) in [4.78, 5) is 127. The van der Waals surface area contributed by atoms with E-state index in [-0.39, 0.29) is 51.9 Å². The number of hydrogen-bond acceptors (Lipinski definition) is 25. The maximum atomic E-state index is 14.4. The molecule has 10 atom stereocenters. The number of esters is 8. The Bertz CT molecular complexity index is 2950. The number of carbonyl (C=O) groups is 9. The van der Waals surface area contributed by atoms with Crippen LogP contribution in [0.15, 0.2) is 41.2 Å². The second kappa shape index (κ2) is 31.3. The molecular weight excluding hydrogens is 1110 g/mol. The van der Waals surface area contributed by atoms with Crippen molar-refractivity contribution in [3.8, 4) is 28.7 Å². The normalized spacial score (nSPS) is 21.9. The second-order valence-corrected chi connectivity index (χ2v) is 19.3. The number of ether oxygens (including phenoxy) is 15. The van der Waals surface area contributed by atoms with Crippen molar-refractivity contribution in [2.24, 2.45) is 7.05 Å². The van der Waals surface area contributed by atoms with E-state index in [0.29, 0.717) is 12.0 Å². The summed E-state index contributed by atoms with van der Waals surface area (Å²) >= 11 is 0. The number of fused-ring (bicyclic) bond motifs is 1. The molecule has 2 fully saturated rings. The van der Waals surface area contributed by atoms with Gasteiger partial charge in [0.1, 0.15) is 25.4 Å². The van der Waals surface area contributed by atoms with Crippen LogP contribution in [-0.2, 0) is 97.6 Å². The Hall–Kier alpha value is -8.46. The fraction of sp³-hybridized carbons (Fsp3) is 0.544. The molecule has 460 valence electrons. The number of amides is 1. The van der Waals surface area contributed by atoms with Crippen molar-refractivity contribution in [1.82, 2.24) is 4.57 Å². The van der Waals surface area contributed by atoms with Gasteiger partial charge < -0.3 is 80.9 Å². The SMILES string of the molecule is CCCCCCCCOc1c(O[C@@H]2O[C@H](COC(C)=O)[C@@H](OC(C)=O)[C@H](OC(C)=O)[C@H]2OC(C)=O)c2ccc(NC(=O)/C=C/c3cc(OC)c(O[C@@H]4O[C@H](COC(C)=O)[C@@H](OC(C)=O)[C@H](OC(C)=O)[C@H]4OC(C)=O)c(OC)c3)cc2n(C)c1=O. The van der Waals surface area contributed by atoms with Crippen LogP contribution in [0.25, 0.3) is 17.0 Å². The van der Waals surface area contributed by atoms with Crippen LogP contribution in [0.3, 0.4) is 0 Å². The lowest BCUT2D eigenvalue weighted by atomic mass is 9.98. The molecule has 84 heavy (non-hydrogen) atoms. The van der Waals surface area contributed by atoms with Crippen molar-refractivity contribution >= 4 is 76.3 Å². The fourth-order valence-corrected chi connectivity index (χ4v) is 9.13. The molecule has 0 radical (unpaired) electrons. The molecule has 27 nitrogen and oxygen atoms in total. The number of methoxy groups -OCH3 is 2. The largest absolute Gasteiger partial charge is 0.493 e. The number of anilines is 1. The topological polar surface area (TPSA) is 326 Å². The molecule has 0 bridgehead atoms. The Labute approximate surface area is 483 Å². The molecule has 3 heterocycles. The number of aryl methyl sites for hydroxylation is 1. The number of rotatable bonds is 27. The average Bonchev–Trinajstić information content (AvgIpc) is 2.14. The minimum Gasteiger partial charge on any atom is -0.493 e. The summed E-state index contributed by atoms with van der Waals surface area (Å²) in [5, 5.41) is 2.98. The zero-order valence-electron chi connectivity index (χ0n) is 48.8. The number of pyridine rings is 1. The van der Waals surface area contributed by atoms with Crippen LogP contribution in [0.5, 0.6) is 28.7 Å². The smallest absolute Gasteiger partial charge is 0.303 e. The molecule has 2 aliphatic rings. The standard InChI is InChI=1S/C57H72N2O25/c1-13-14-15-16-17-18-23-72-52-46(83-56-53(79-35(8)66)50(77-33(6)64)48(75-31(4)62)43(81-56)27-73-29(2)60)39-21-20-38(26-40(39)59(10)55(52)69)58-45(68)22-19-37-24-41(70-11)47(42(25-37)71-12)84-57-54(80-36(9)67)51(78-34(7)65)49(76-32(5)63)44(82-57)28-74-30(3)61/h19-22,24-26,43-44,48-51,53-54,56-57H,13-18,23,27-28H2,1-12H3,(H,58,68)/b22-19+/t43-,44-,48-,49-,50+,51+,53-,54-,56+,57+/m1/s1. The first-order valence-corrected chi connectivity index (χ1v) is 26.8. The van der Waals surface area contributed by atoms with Gasteiger partial charge >= 0.3 is 47.8 Å². The second-order valence-electron chi connectivity index (χ2n) is 19.3. The Morgan fingerprint density at radius 1 is 0.548 bits per heavy atom. The Morgan fingerprint density at radius 2 is 0.988 bits per heavy atom. The van der Waals surface area contributed by atoms with Crippen molar-refractivity contribution in [3.05, 3.63) is 52.3 Å². The summed E-state index contributed by atoms with van der Waals surface area (Å²) < 4.78 is 87.6. The van der Waals surface area contributed by atoms with E-state index in [1.165, 1.54) is 68.3 Å². The molecular formula is C57H72N2O25. The van der Waals surface area contributed by atoms with Gasteiger partial charge in [0.25, 0.3) is 5.56 Å². The monoisotopic (exact) mass is 1180 g/mol. The van der Waals surface area contributed by atoms with Crippen molar-refractivity contribution in [2.75, 3.05) is 39.4 Å². The summed E-state index contributed by atoms with van der Waals surface area (Å²) in [5.41, 5.74) is 0.0130. The number of aromatic nitrogens is 1. The van der Waals surface area contributed by atoms with E-state index < -0.39 is 134 Å². The molecule has 2 aromatic carbocycles. The Morgan fingerprint density at radius 3 is 1.44 bits per heavy atom. The third-order valence-corrected chi connectivity index (χ3v) is 12.6. The van der Waals surface area contributed by atoms with E-state index in [0.717, 1.165) is 87.5 Å². The highest BCUT2D eigenvalue weighted by atomic mass is 16.8. The van der Waals surface area contributed by atoms with Gasteiger partial charge in [-0.15, -0.1) is 0 Å². The van der Waals surface area contributed by atoms with Gasteiger partial charge in [0, 0.05) is 79.6 Å². The van der Waals surface area contributed by atoms with E-state index in [9.17, 15) is 47.9 Å². The molecule has 0 saturated carbocycles. The van der Waals surface area contributed by atoms with Crippen LogP contribution in [0.1, 0.15) is 106 Å². The van der Waals surface area contributed by atoms with Crippen molar-refractivity contribution in [3.63, 3.8) is 0 Å². The molecule has 5 rings (SSSR count). The van der Waals surface area contributed by atoms with Gasteiger partial charge in [-0.2, -0.15) is 0 Å². The summed E-state index contributed by atoms with van der Waals surface area (Å²) in [6.07, 6.45) is -7.46. The van der Waals surface area contributed by atoms with Crippen molar-refractivity contribution < 1.29 is 114 Å². The van der Waals surface area contributed by atoms with Crippen LogP contribution in [-0.4, -0.2) is 154 Å². The van der Waals surface area contributed by atoms with Gasteiger partial charge in [0.15, 0.2) is 41.7 Å². The van der Waals surface area contributed by atoms with E-state index >= 15 is 0 Å². The van der Waals surface area contributed by atoms with E-state index in [4.69, 9.17) is 71.1 Å². The maximum absolute atomic E-state index is 14.4. The van der Waals surface area contributed by atoms with Crippen LogP contribution in [0, 0.1) is 0 Å². The molecule has 0 aliphatic carbocycles. The minimum absolute atomic E-state index is 0.00474. The number of hydrogen-bond donors (Lipinski definition) is 1. The third kappa shape index (κ3) is 18.5. The quantitative estimate of drug-likeness (QED) is 0.0460. The van der Waals surface area contributed by atoms with Crippen molar-refractivity contribution in [2.45, 2.75) is 162 Å². The molecule has 2 aliphatic heterocycles. The van der Waals surface area contributed by atoms with Gasteiger partial charge in [0.05, 0.1) is 26.3 Å². The van der Waals surface area contributed by atoms with Gasteiger partial charge in [-0.05, 0) is 48.4 Å². The minimum atomic E-state index is -1.75. The number of carbonyl (C=O) groups excluding carboxylic acids is 9. The average molecular weight is 1190 g/mol. The number of nitrogens with one attached hydrogen (secondary N) is 1. The van der Waals surface area contributed by atoms with Gasteiger partial charge in [-0.3, -0.25) is 47.9 Å². The fourth-order valence-electron chi connectivity index (χ4n) is 9.13. The first-order valence-electron chi connectivity index (χ1n) is 26.8. The summed E-state index contributed by atoms with van der Waals surface area (Å²) in [5.74, 6) is -7.87. The Kier molecular flexibility index (Phi) is 24.7. The predicted molar refractivity (Wildman–Crippen MR) is 290 cm³/mol. The van der Waals surface area contributed by atoms with Gasteiger partial charge in [-0.1, -0.05) is 39.0 Å². The zero-order chi connectivity index (χ0) is 61.9. The molecule has 0 spiro atoms. The molecule has 3 aromatic rings. The first kappa shape index (κ1) is 66.3. The molecule has 1 aromatic heterocycles. The van der Waals surface area contributed by atoms with E-state index in [1.807, 2.05) is 0 Å². The van der Waals surface area contributed by atoms with Crippen LogP contribution >= 0.6 is 0 Å². The van der Waals surface area contributed by atoms with Crippen molar-refractivity contribution in [1.29, 1.82) is 0 Å².